The zero-order chi connectivity index (χ0) is 22.1. The summed E-state index contributed by atoms with van der Waals surface area (Å²) in [7, 11) is 0. The predicted molar refractivity (Wildman–Crippen MR) is 117 cm³/mol. The molecule has 7 heteroatoms. The zero-order valence-corrected chi connectivity index (χ0v) is 17.8. The number of benzene rings is 2. The normalized spacial score (nSPS) is 17.8. The molecule has 31 heavy (non-hydrogen) atoms. The number of piperazine rings is 1. The van der Waals surface area contributed by atoms with Crippen LogP contribution in [0.25, 0.3) is 5.57 Å². The molecule has 1 saturated heterocycles. The minimum Gasteiger partial charge on any atom is -0.395 e. The first kappa shape index (κ1) is 21.2. The van der Waals surface area contributed by atoms with Gasteiger partial charge in [-0.3, -0.25) is 14.5 Å². The summed E-state index contributed by atoms with van der Waals surface area (Å²) in [6, 6.07) is 11.3. The minimum atomic E-state index is -0.397. The third-order valence-corrected chi connectivity index (χ3v) is 6.11. The van der Waals surface area contributed by atoms with Crippen LogP contribution in [0.1, 0.15) is 16.7 Å². The van der Waals surface area contributed by atoms with Crippen molar-refractivity contribution >= 4 is 23.1 Å². The highest BCUT2D eigenvalue weighted by molar-refractivity contribution is 6.45. The maximum absolute atomic E-state index is 13.6. The summed E-state index contributed by atoms with van der Waals surface area (Å²) < 4.78 is 13.5. The molecule has 2 aliphatic heterocycles. The van der Waals surface area contributed by atoms with Gasteiger partial charge in [0.05, 0.1) is 17.9 Å². The van der Waals surface area contributed by atoms with Crippen molar-refractivity contribution in [3.05, 3.63) is 70.7 Å². The molecule has 0 bridgehead atoms. The van der Waals surface area contributed by atoms with Gasteiger partial charge in [-0.1, -0.05) is 24.3 Å². The lowest BCUT2D eigenvalue weighted by molar-refractivity contribution is -0.120. The lowest BCUT2D eigenvalue weighted by Gasteiger charge is -2.36. The number of hydrogen-bond acceptors (Lipinski definition) is 5. The van der Waals surface area contributed by atoms with Crippen LogP contribution in [0.5, 0.6) is 0 Å². The molecule has 0 saturated carbocycles. The molecule has 2 aromatic carbocycles. The molecule has 4 rings (SSSR count). The number of aryl methyl sites for hydroxylation is 1. The average Bonchev–Trinajstić information content (AvgIpc) is 3.02. The van der Waals surface area contributed by atoms with Crippen LogP contribution in [0, 0.1) is 19.7 Å². The number of aliphatic hydroxyl groups is 1. The molecule has 0 unspecified atom stereocenters. The average molecular weight is 423 g/mol. The molecule has 162 valence electrons. The fourth-order valence-corrected chi connectivity index (χ4v) is 4.22. The number of rotatable bonds is 5. The van der Waals surface area contributed by atoms with Crippen LogP contribution < -0.4 is 4.90 Å². The van der Waals surface area contributed by atoms with Crippen molar-refractivity contribution < 1.29 is 19.1 Å². The largest absolute Gasteiger partial charge is 0.395 e. The van der Waals surface area contributed by atoms with Crippen molar-refractivity contribution in [1.82, 2.24) is 9.80 Å². The Morgan fingerprint density at radius 2 is 1.61 bits per heavy atom. The SMILES string of the molecule is Cc1cccc(N2C(=O)C(c3ccc(F)cc3)=C(N3CCN(CCO)CC3)C2=O)c1C. The number of aliphatic hydroxyl groups excluding tert-OH is 1. The van der Waals surface area contributed by atoms with Crippen molar-refractivity contribution in [1.29, 1.82) is 0 Å². The Balaban J connectivity index is 1.77. The monoisotopic (exact) mass is 423 g/mol. The van der Waals surface area contributed by atoms with Crippen LogP contribution in [-0.4, -0.2) is 66.1 Å². The number of anilines is 1. The molecule has 0 radical (unpaired) electrons. The van der Waals surface area contributed by atoms with Gasteiger partial charge in [0.2, 0.25) is 0 Å². The second-order valence-corrected chi connectivity index (χ2v) is 7.95. The van der Waals surface area contributed by atoms with Gasteiger partial charge in [-0.15, -0.1) is 0 Å². The van der Waals surface area contributed by atoms with Gasteiger partial charge >= 0.3 is 0 Å². The highest BCUT2D eigenvalue weighted by atomic mass is 19.1. The van der Waals surface area contributed by atoms with E-state index >= 15 is 0 Å². The van der Waals surface area contributed by atoms with Crippen LogP contribution in [0.2, 0.25) is 0 Å². The van der Waals surface area contributed by atoms with Gasteiger partial charge in [-0.2, -0.15) is 0 Å². The zero-order valence-electron chi connectivity index (χ0n) is 17.8. The molecular weight excluding hydrogens is 397 g/mol. The number of hydrogen-bond donors (Lipinski definition) is 1. The summed E-state index contributed by atoms with van der Waals surface area (Å²) in [5.41, 5.74) is 3.63. The van der Waals surface area contributed by atoms with E-state index in [4.69, 9.17) is 0 Å². The van der Waals surface area contributed by atoms with Crippen molar-refractivity contribution in [2.45, 2.75) is 13.8 Å². The Hall–Kier alpha value is -3.03. The van der Waals surface area contributed by atoms with E-state index < -0.39 is 11.7 Å². The number of carbonyl (C=O) groups is 2. The van der Waals surface area contributed by atoms with Gasteiger partial charge in [-0.05, 0) is 48.7 Å². The quantitative estimate of drug-likeness (QED) is 0.748. The minimum absolute atomic E-state index is 0.0847. The molecule has 2 aromatic rings. The number of imide groups is 1. The molecule has 2 aliphatic rings. The Morgan fingerprint density at radius 3 is 2.26 bits per heavy atom. The number of halogens is 1. The summed E-state index contributed by atoms with van der Waals surface area (Å²) in [4.78, 5) is 32.5. The maximum Gasteiger partial charge on any atom is 0.282 e. The first-order chi connectivity index (χ1) is 14.9. The highest BCUT2D eigenvalue weighted by Gasteiger charge is 2.43. The van der Waals surface area contributed by atoms with Gasteiger partial charge in [-0.25, -0.2) is 9.29 Å². The van der Waals surface area contributed by atoms with Gasteiger partial charge < -0.3 is 10.0 Å². The molecular formula is C24H26FN3O3. The van der Waals surface area contributed by atoms with E-state index in [1.54, 1.807) is 18.2 Å². The first-order valence-electron chi connectivity index (χ1n) is 10.5. The molecule has 1 N–H and O–H groups in total. The molecule has 0 atom stereocenters. The number of amides is 2. The summed E-state index contributed by atoms with van der Waals surface area (Å²) in [5, 5.41) is 9.19. The van der Waals surface area contributed by atoms with Crippen molar-refractivity contribution in [2.75, 3.05) is 44.2 Å². The molecule has 0 spiro atoms. The standard InChI is InChI=1S/C24H26FN3O3/c1-16-4-3-5-20(17(16)2)28-23(30)21(18-6-8-19(25)9-7-18)22(24(28)31)27-12-10-26(11-13-27)14-15-29/h3-9,29H,10-15H2,1-2H3. The van der Waals surface area contributed by atoms with Crippen LogP contribution in [0.4, 0.5) is 10.1 Å². The lowest BCUT2D eigenvalue weighted by Crippen LogP contribution is -2.48. The third kappa shape index (κ3) is 3.86. The molecule has 2 amide bonds. The van der Waals surface area contributed by atoms with Crippen LogP contribution in [0.15, 0.2) is 48.2 Å². The number of carbonyl (C=O) groups excluding carboxylic acids is 2. The number of nitrogens with zero attached hydrogens (tertiary/aromatic N) is 3. The number of β-amino-alcohol motifs (C(OH)–C–C–N with tert-alkyl or cyclic N) is 1. The van der Waals surface area contributed by atoms with E-state index in [0.29, 0.717) is 55.2 Å². The molecule has 1 fully saturated rings. The smallest absolute Gasteiger partial charge is 0.282 e. The molecule has 2 heterocycles. The van der Waals surface area contributed by atoms with Gasteiger partial charge in [0.25, 0.3) is 11.8 Å². The summed E-state index contributed by atoms with van der Waals surface area (Å²) in [6.45, 7) is 7.02. The second kappa shape index (κ2) is 8.61. The van der Waals surface area contributed by atoms with Crippen LogP contribution in [0.3, 0.4) is 0 Å². The predicted octanol–water partition coefficient (Wildman–Crippen LogP) is 2.34. The van der Waals surface area contributed by atoms with Crippen LogP contribution in [-0.2, 0) is 9.59 Å². The van der Waals surface area contributed by atoms with Crippen molar-refractivity contribution in [3.8, 4) is 0 Å². The van der Waals surface area contributed by atoms with E-state index in [2.05, 4.69) is 4.90 Å². The van der Waals surface area contributed by atoms with E-state index in [0.717, 1.165) is 11.1 Å². The van der Waals surface area contributed by atoms with Gasteiger partial charge in [0, 0.05) is 32.7 Å². The highest BCUT2D eigenvalue weighted by Crippen LogP contribution is 2.37. The Morgan fingerprint density at radius 1 is 0.935 bits per heavy atom. The van der Waals surface area contributed by atoms with Crippen molar-refractivity contribution in [3.63, 3.8) is 0 Å². The fraction of sp³-hybridized carbons (Fsp3) is 0.333. The van der Waals surface area contributed by atoms with Gasteiger partial charge in [0.1, 0.15) is 11.5 Å². The summed E-state index contributed by atoms with van der Waals surface area (Å²) in [6.07, 6.45) is 0. The van der Waals surface area contributed by atoms with Crippen LogP contribution >= 0.6 is 0 Å². The van der Waals surface area contributed by atoms with E-state index in [9.17, 15) is 19.1 Å². The van der Waals surface area contributed by atoms with Gasteiger partial charge in [0.15, 0.2) is 0 Å². The second-order valence-electron chi connectivity index (χ2n) is 7.95. The fourth-order valence-electron chi connectivity index (χ4n) is 4.22. The Bertz CT molecular complexity index is 1040. The van der Waals surface area contributed by atoms with E-state index in [1.807, 2.05) is 30.9 Å². The molecule has 0 aliphatic carbocycles. The Labute approximate surface area is 181 Å². The van der Waals surface area contributed by atoms with Crippen molar-refractivity contribution in [2.24, 2.45) is 0 Å². The molecule has 6 nitrogen and oxygen atoms in total. The Kier molecular flexibility index (Phi) is 5.89. The van der Waals surface area contributed by atoms with E-state index in [-0.39, 0.29) is 12.5 Å². The summed E-state index contributed by atoms with van der Waals surface area (Å²) >= 11 is 0. The van der Waals surface area contributed by atoms with E-state index in [1.165, 1.54) is 17.0 Å². The summed E-state index contributed by atoms with van der Waals surface area (Å²) in [5.74, 6) is -1.14. The lowest BCUT2D eigenvalue weighted by atomic mass is 10.0. The molecule has 0 aromatic heterocycles. The maximum atomic E-state index is 13.6. The third-order valence-electron chi connectivity index (χ3n) is 6.11. The topological polar surface area (TPSA) is 64.1 Å². The first-order valence-corrected chi connectivity index (χ1v) is 10.5.